The Morgan fingerprint density at radius 1 is 1.40 bits per heavy atom. The van der Waals surface area contributed by atoms with Crippen LogP contribution in [0.3, 0.4) is 0 Å². The molecule has 1 fully saturated rings. The Kier molecular flexibility index (Phi) is 4.03. The van der Waals surface area contributed by atoms with Crippen LogP contribution in [0.2, 0.25) is 0 Å². The molecule has 1 aliphatic carbocycles. The minimum absolute atomic E-state index is 0.0945. The van der Waals surface area contributed by atoms with Crippen LogP contribution in [0.5, 0.6) is 0 Å². The average Bonchev–Trinajstić information content (AvgIpc) is 2.86. The van der Waals surface area contributed by atoms with Gasteiger partial charge in [-0.15, -0.1) is 0 Å². The molecule has 2 N–H and O–H groups in total. The number of anilines is 1. The Bertz CT molecular complexity index is 500. The minimum atomic E-state index is 0.0945. The number of piperazine rings is 1. The third-order valence-electron chi connectivity index (χ3n) is 4.20. The lowest BCUT2D eigenvalue weighted by Gasteiger charge is -2.31. The molecule has 0 bridgehead atoms. The number of benzene rings is 1. The molecule has 1 amide bonds. The molecule has 0 unspecified atom stereocenters. The molecule has 3 rings (SSSR count). The van der Waals surface area contributed by atoms with Crippen LogP contribution in [0.15, 0.2) is 18.2 Å². The van der Waals surface area contributed by atoms with E-state index in [0.717, 1.165) is 31.7 Å². The van der Waals surface area contributed by atoms with Crippen molar-refractivity contribution in [1.29, 1.82) is 0 Å². The second-order valence-corrected chi connectivity index (χ2v) is 5.98. The summed E-state index contributed by atoms with van der Waals surface area (Å²) in [6.07, 6.45) is 3.57. The Morgan fingerprint density at radius 2 is 2.25 bits per heavy atom. The van der Waals surface area contributed by atoms with Crippen LogP contribution < -0.4 is 10.6 Å². The number of rotatable bonds is 3. The molecule has 1 heterocycles. The molecule has 0 aromatic heterocycles. The quantitative estimate of drug-likeness (QED) is 0.875. The van der Waals surface area contributed by atoms with Crippen LogP contribution in [0, 0.1) is 0 Å². The maximum Gasteiger partial charge on any atom is 0.238 e. The lowest BCUT2D eigenvalue weighted by atomic mass is 10.1. The van der Waals surface area contributed by atoms with Crippen LogP contribution in [0.1, 0.15) is 24.5 Å². The van der Waals surface area contributed by atoms with Crippen molar-refractivity contribution < 1.29 is 4.79 Å². The second-order valence-electron chi connectivity index (χ2n) is 5.98. The van der Waals surface area contributed by atoms with Gasteiger partial charge in [-0.25, -0.2) is 0 Å². The molecule has 1 aromatic carbocycles. The first-order valence-electron chi connectivity index (χ1n) is 7.58. The van der Waals surface area contributed by atoms with Gasteiger partial charge in [0.25, 0.3) is 0 Å². The fourth-order valence-electron chi connectivity index (χ4n) is 3.21. The second kappa shape index (κ2) is 5.94. The number of hydrogen-bond donors (Lipinski definition) is 2. The molecule has 1 saturated heterocycles. The van der Waals surface area contributed by atoms with E-state index in [1.54, 1.807) is 0 Å². The summed E-state index contributed by atoms with van der Waals surface area (Å²) in [6, 6.07) is 6.80. The van der Waals surface area contributed by atoms with E-state index in [4.69, 9.17) is 0 Å². The molecule has 1 aliphatic heterocycles. The van der Waals surface area contributed by atoms with Gasteiger partial charge in [-0.05, 0) is 49.4 Å². The molecule has 0 radical (unpaired) electrons. The number of hydrogen-bond acceptors (Lipinski definition) is 3. The predicted molar refractivity (Wildman–Crippen MR) is 81.0 cm³/mol. The topological polar surface area (TPSA) is 44.4 Å². The maximum absolute atomic E-state index is 12.1. The smallest absolute Gasteiger partial charge is 0.238 e. The van der Waals surface area contributed by atoms with Crippen molar-refractivity contribution in [3.05, 3.63) is 29.3 Å². The summed E-state index contributed by atoms with van der Waals surface area (Å²) in [5, 5.41) is 6.42. The first-order chi connectivity index (χ1) is 9.70. The van der Waals surface area contributed by atoms with E-state index in [9.17, 15) is 4.79 Å². The molecule has 0 saturated carbocycles. The molecule has 108 valence electrons. The molecule has 1 aromatic rings. The number of fused-ring (bicyclic) bond motifs is 1. The number of carbonyl (C=O) groups is 1. The van der Waals surface area contributed by atoms with E-state index in [-0.39, 0.29) is 5.91 Å². The van der Waals surface area contributed by atoms with Crippen LogP contribution in [-0.4, -0.2) is 43.0 Å². The molecule has 20 heavy (non-hydrogen) atoms. The van der Waals surface area contributed by atoms with Gasteiger partial charge in [-0.2, -0.15) is 0 Å². The van der Waals surface area contributed by atoms with Crippen molar-refractivity contribution in [1.82, 2.24) is 10.2 Å². The normalized spacial score (nSPS) is 22.6. The highest BCUT2D eigenvalue weighted by atomic mass is 16.2. The zero-order valence-corrected chi connectivity index (χ0v) is 12.1. The third-order valence-corrected chi connectivity index (χ3v) is 4.20. The molecule has 0 spiro atoms. The number of nitrogens with zero attached hydrogens (tertiary/aromatic N) is 1. The van der Waals surface area contributed by atoms with Gasteiger partial charge >= 0.3 is 0 Å². The van der Waals surface area contributed by atoms with Crippen molar-refractivity contribution >= 4 is 11.6 Å². The van der Waals surface area contributed by atoms with Crippen LogP contribution in [-0.2, 0) is 17.6 Å². The zero-order chi connectivity index (χ0) is 13.9. The Hall–Kier alpha value is -1.39. The average molecular weight is 273 g/mol. The summed E-state index contributed by atoms with van der Waals surface area (Å²) in [4.78, 5) is 14.3. The van der Waals surface area contributed by atoms with Crippen LogP contribution >= 0.6 is 0 Å². The van der Waals surface area contributed by atoms with Crippen LogP contribution in [0.25, 0.3) is 0 Å². The van der Waals surface area contributed by atoms with Crippen molar-refractivity contribution in [2.45, 2.75) is 32.2 Å². The van der Waals surface area contributed by atoms with Gasteiger partial charge in [0.15, 0.2) is 0 Å². The Morgan fingerprint density at radius 3 is 3.10 bits per heavy atom. The zero-order valence-electron chi connectivity index (χ0n) is 12.1. The summed E-state index contributed by atoms with van der Waals surface area (Å²) in [7, 11) is 0. The SMILES string of the molecule is C[C@H]1CN(CC(=O)Nc2ccc3c(c2)CCC3)CCN1. The first-order valence-corrected chi connectivity index (χ1v) is 7.58. The monoisotopic (exact) mass is 273 g/mol. The van der Waals surface area contributed by atoms with Gasteiger partial charge in [0.1, 0.15) is 0 Å². The van der Waals surface area contributed by atoms with Crippen LogP contribution in [0.4, 0.5) is 5.69 Å². The van der Waals surface area contributed by atoms with E-state index in [0.29, 0.717) is 12.6 Å². The van der Waals surface area contributed by atoms with E-state index >= 15 is 0 Å². The minimum Gasteiger partial charge on any atom is -0.325 e. The number of carbonyl (C=O) groups excluding carboxylic acids is 1. The highest BCUT2D eigenvalue weighted by Gasteiger charge is 2.18. The largest absolute Gasteiger partial charge is 0.325 e. The number of nitrogens with one attached hydrogen (secondary N) is 2. The van der Waals surface area contributed by atoms with Crippen molar-refractivity contribution in [2.75, 3.05) is 31.5 Å². The Labute approximate surface area is 120 Å². The van der Waals surface area contributed by atoms with E-state index in [1.807, 2.05) is 6.07 Å². The number of amides is 1. The fraction of sp³-hybridized carbons (Fsp3) is 0.562. The van der Waals surface area contributed by atoms with E-state index in [1.165, 1.54) is 24.0 Å². The van der Waals surface area contributed by atoms with Gasteiger partial charge < -0.3 is 10.6 Å². The molecule has 4 heteroatoms. The molecule has 4 nitrogen and oxygen atoms in total. The lowest BCUT2D eigenvalue weighted by molar-refractivity contribution is -0.117. The van der Waals surface area contributed by atoms with Crippen molar-refractivity contribution in [2.24, 2.45) is 0 Å². The van der Waals surface area contributed by atoms with Crippen molar-refractivity contribution in [3.63, 3.8) is 0 Å². The maximum atomic E-state index is 12.1. The first kappa shape index (κ1) is 13.6. The van der Waals surface area contributed by atoms with E-state index in [2.05, 4.69) is 34.6 Å². The Balaban J connectivity index is 1.56. The standard InChI is InChI=1S/C16H23N3O/c1-12-10-19(8-7-17-12)11-16(20)18-15-6-5-13-3-2-4-14(13)9-15/h5-6,9,12,17H,2-4,7-8,10-11H2,1H3,(H,18,20)/t12-/m0/s1. The fourth-order valence-corrected chi connectivity index (χ4v) is 3.21. The number of aryl methyl sites for hydroxylation is 2. The highest BCUT2D eigenvalue weighted by Crippen LogP contribution is 2.24. The summed E-state index contributed by atoms with van der Waals surface area (Å²) in [6.45, 7) is 5.50. The summed E-state index contributed by atoms with van der Waals surface area (Å²) < 4.78 is 0. The highest BCUT2D eigenvalue weighted by molar-refractivity contribution is 5.92. The van der Waals surface area contributed by atoms with Gasteiger partial charge in [0, 0.05) is 31.4 Å². The predicted octanol–water partition coefficient (Wildman–Crippen LogP) is 1.41. The summed E-state index contributed by atoms with van der Waals surface area (Å²) >= 11 is 0. The lowest BCUT2D eigenvalue weighted by Crippen LogP contribution is -2.51. The summed E-state index contributed by atoms with van der Waals surface area (Å²) in [5.41, 5.74) is 3.79. The van der Waals surface area contributed by atoms with Gasteiger partial charge in [-0.3, -0.25) is 9.69 Å². The van der Waals surface area contributed by atoms with Gasteiger partial charge in [-0.1, -0.05) is 6.07 Å². The van der Waals surface area contributed by atoms with Gasteiger partial charge in [0.2, 0.25) is 5.91 Å². The molecule has 1 atom stereocenters. The van der Waals surface area contributed by atoms with Crippen molar-refractivity contribution in [3.8, 4) is 0 Å². The molecular formula is C16H23N3O. The van der Waals surface area contributed by atoms with Gasteiger partial charge in [0.05, 0.1) is 6.54 Å². The molecule has 2 aliphatic rings. The third kappa shape index (κ3) is 3.19. The van der Waals surface area contributed by atoms with E-state index < -0.39 is 0 Å². The molecular weight excluding hydrogens is 250 g/mol. The summed E-state index contributed by atoms with van der Waals surface area (Å²) in [5.74, 6) is 0.0945.